The minimum absolute atomic E-state index is 0.201. The summed E-state index contributed by atoms with van der Waals surface area (Å²) in [4.78, 5) is 27.8. The van der Waals surface area contributed by atoms with Crippen molar-refractivity contribution >= 4 is 23.1 Å². The van der Waals surface area contributed by atoms with Crippen LogP contribution in [0.3, 0.4) is 0 Å². The smallest absolute Gasteiger partial charge is 0.264 e. The Morgan fingerprint density at radius 1 is 1.04 bits per heavy atom. The molecule has 0 bridgehead atoms. The van der Waals surface area contributed by atoms with Crippen molar-refractivity contribution in [3.63, 3.8) is 0 Å². The van der Waals surface area contributed by atoms with Crippen LogP contribution < -0.4 is 4.90 Å². The Morgan fingerprint density at radius 2 is 1.88 bits per heavy atom. The first kappa shape index (κ1) is 15.6. The van der Waals surface area contributed by atoms with Crippen LogP contribution in [-0.2, 0) is 12.8 Å². The molecule has 1 amide bonds. The van der Waals surface area contributed by atoms with Gasteiger partial charge in [0, 0.05) is 43.4 Å². The molecule has 0 spiro atoms. The van der Waals surface area contributed by atoms with E-state index in [9.17, 15) is 4.79 Å². The Hall–Kier alpha value is -1.95. The first-order valence-electron chi connectivity index (χ1n) is 8.73. The topological polar surface area (TPSA) is 49.3 Å². The van der Waals surface area contributed by atoms with Crippen molar-refractivity contribution in [2.75, 3.05) is 31.1 Å². The van der Waals surface area contributed by atoms with Crippen molar-refractivity contribution in [3.05, 3.63) is 40.0 Å². The molecule has 0 unspecified atom stereocenters. The summed E-state index contributed by atoms with van der Waals surface area (Å²) in [5.74, 6) is 1.10. The van der Waals surface area contributed by atoms with Gasteiger partial charge in [-0.2, -0.15) is 0 Å². The summed E-state index contributed by atoms with van der Waals surface area (Å²) in [5.41, 5.74) is 1.42. The fourth-order valence-electron chi connectivity index (χ4n) is 3.52. The van der Waals surface area contributed by atoms with Gasteiger partial charge < -0.3 is 9.80 Å². The van der Waals surface area contributed by atoms with Gasteiger partial charge in [0.05, 0.1) is 11.1 Å². The lowest BCUT2D eigenvalue weighted by molar-refractivity contribution is 0.0751. The quantitative estimate of drug-likeness (QED) is 0.788. The van der Waals surface area contributed by atoms with Gasteiger partial charge in [-0.3, -0.25) is 9.78 Å². The molecule has 3 heterocycles. The molecule has 1 aliphatic carbocycles. The summed E-state index contributed by atoms with van der Waals surface area (Å²) in [6, 6.07) is 2.16. The molecule has 5 nitrogen and oxygen atoms in total. The number of hydrogen-bond acceptors (Lipinski definition) is 5. The average molecular weight is 342 g/mol. The number of nitrogens with zero attached hydrogens (tertiary/aromatic N) is 4. The van der Waals surface area contributed by atoms with Crippen LogP contribution in [-0.4, -0.2) is 47.0 Å². The van der Waals surface area contributed by atoms with Crippen molar-refractivity contribution in [3.8, 4) is 0 Å². The Balaban J connectivity index is 1.41. The first-order valence-corrected chi connectivity index (χ1v) is 9.55. The van der Waals surface area contributed by atoms with Gasteiger partial charge in [0.15, 0.2) is 0 Å². The molecule has 0 atom stereocenters. The van der Waals surface area contributed by atoms with Gasteiger partial charge in [-0.1, -0.05) is 6.42 Å². The van der Waals surface area contributed by atoms with E-state index in [1.165, 1.54) is 29.7 Å². The molecule has 2 aromatic heterocycles. The number of anilines is 1. The van der Waals surface area contributed by atoms with Crippen LogP contribution in [0.15, 0.2) is 24.7 Å². The van der Waals surface area contributed by atoms with Crippen molar-refractivity contribution in [1.82, 2.24) is 14.9 Å². The lowest BCUT2D eigenvalue weighted by atomic mass is 10.1. The SMILES string of the molecule is O=C(c1cc2c(s1)CCCCC2)N1CCN(c2cnccn2)CC1. The highest BCUT2D eigenvalue weighted by Crippen LogP contribution is 2.30. The van der Waals surface area contributed by atoms with Crippen molar-refractivity contribution in [2.24, 2.45) is 0 Å². The number of hydrogen-bond donors (Lipinski definition) is 0. The third kappa shape index (κ3) is 3.15. The summed E-state index contributed by atoms with van der Waals surface area (Å²) in [5, 5.41) is 0. The number of rotatable bonds is 2. The molecule has 6 heteroatoms. The van der Waals surface area contributed by atoms with Gasteiger partial charge >= 0.3 is 0 Å². The molecule has 2 aliphatic rings. The zero-order valence-electron chi connectivity index (χ0n) is 13.8. The zero-order chi connectivity index (χ0) is 16.4. The summed E-state index contributed by atoms with van der Waals surface area (Å²) in [6.07, 6.45) is 11.3. The molecule has 1 saturated heterocycles. The second-order valence-corrected chi connectivity index (χ2v) is 7.60. The third-order valence-corrected chi connectivity index (χ3v) is 6.12. The number of piperazine rings is 1. The van der Waals surface area contributed by atoms with Crippen molar-refractivity contribution in [1.29, 1.82) is 0 Å². The van der Waals surface area contributed by atoms with E-state index in [1.807, 2.05) is 4.90 Å². The van der Waals surface area contributed by atoms with Gasteiger partial charge in [0.25, 0.3) is 5.91 Å². The monoisotopic (exact) mass is 342 g/mol. The molecule has 126 valence electrons. The predicted octanol–water partition coefficient (Wildman–Crippen LogP) is 2.77. The molecule has 1 aliphatic heterocycles. The molecule has 0 saturated carbocycles. The van der Waals surface area contributed by atoms with E-state index in [2.05, 4.69) is 20.9 Å². The predicted molar refractivity (Wildman–Crippen MR) is 95.7 cm³/mol. The average Bonchev–Trinajstić information content (AvgIpc) is 2.92. The van der Waals surface area contributed by atoms with E-state index in [0.717, 1.165) is 49.7 Å². The summed E-state index contributed by atoms with van der Waals surface area (Å²) >= 11 is 1.72. The number of aryl methyl sites for hydroxylation is 2. The van der Waals surface area contributed by atoms with Crippen LogP contribution >= 0.6 is 11.3 Å². The Morgan fingerprint density at radius 3 is 2.67 bits per heavy atom. The molecule has 0 aromatic carbocycles. The molecule has 24 heavy (non-hydrogen) atoms. The van der Waals surface area contributed by atoms with Gasteiger partial charge in [-0.25, -0.2) is 4.98 Å². The van der Waals surface area contributed by atoms with Gasteiger partial charge in [-0.15, -0.1) is 11.3 Å². The number of amides is 1. The lowest BCUT2D eigenvalue weighted by Crippen LogP contribution is -2.48. The summed E-state index contributed by atoms with van der Waals surface area (Å²) < 4.78 is 0. The van der Waals surface area contributed by atoms with Crippen LogP contribution in [0, 0.1) is 0 Å². The van der Waals surface area contributed by atoms with Crippen molar-refractivity contribution < 1.29 is 4.79 Å². The second-order valence-electron chi connectivity index (χ2n) is 6.46. The van der Waals surface area contributed by atoms with E-state index >= 15 is 0 Å². The Bertz CT molecular complexity index is 684. The lowest BCUT2D eigenvalue weighted by Gasteiger charge is -2.35. The van der Waals surface area contributed by atoms with Crippen LogP contribution in [0.2, 0.25) is 0 Å². The molecule has 1 fully saturated rings. The number of thiophene rings is 1. The van der Waals surface area contributed by atoms with Gasteiger partial charge in [-0.05, 0) is 37.3 Å². The maximum absolute atomic E-state index is 12.8. The molecule has 2 aromatic rings. The standard InChI is InChI=1S/C18H22N4OS/c23-18(16-12-14-4-2-1-3-5-15(14)24-16)22-10-8-21(9-11-22)17-13-19-6-7-20-17/h6-7,12-13H,1-5,8-11H2. The largest absolute Gasteiger partial charge is 0.352 e. The van der Waals surface area contributed by atoms with E-state index in [0.29, 0.717) is 0 Å². The van der Waals surface area contributed by atoms with Crippen molar-refractivity contribution in [2.45, 2.75) is 32.1 Å². The zero-order valence-corrected chi connectivity index (χ0v) is 14.6. The molecule has 0 radical (unpaired) electrons. The number of aromatic nitrogens is 2. The fourth-order valence-corrected chi connectivity index (χ4v) is 4.74. The third-order valence-electron chi connectivity index (χ3n) is 4.90. The number of fused-ring (bicyclic) bond motifs is 1. The van der Waals surface area contributed by atoms with Crippen LogP contribution in [0.25, 0.3) is 0 Å². The number of carbonyl (C=O) groups excluding carboxylic acids is 1. The maximum atomic E-state index is 12.8. The van der Waals surface area contributed by atoms with E-state index in [4.69, 9.17) is 0 Å². The Labute approximate surface area is 146 Å². The summed E-state index contributed by atoms with van der Waals surface area (Å²) in [6.45, 7) is 3.13. The normalized spacial score (nSPS) is 18.2. The van der Waals surface area contributed by atoms with Crippen LogP contribution in [0.5, 0.6) is 0 Å². The molecular weight excluding hydrogens is 320 g/mol. The van der Waals surface area contributed by atoms with E-state index in [-0.39, 0.29) is 5.91 Å². The molecule has 4 rings (SSSR count). The fraction of sp³-hybridized carbons (Fsp3) is 0.500. The number of carbonyl (C=O) groups is 1. The highest BCUT2D eigenvalue weighted by molar-refractivity contribution is 7.14. The van der Waals surface area contributed by atoms with Crippen LogP contribution in [0.1, 0.15) is 39.4 Å². The maximum Gasteiger partial charge on any atom is 0.264 e. The second kappa shape index (κ2) is 6.89. The van der Waals surface area contributed by atoms with E-state index in [1.54, 1.807) is 29.9 Å². The molecular formula is C18H22N4OS. The van der Waals surface area contributed by atoms with E-state index < -0.39 is 0 Å². The first-order chi connectivity index (χ1) is 11.8. The summed E-state index contributed by atoms with van der Waals surface area (Å²) in [7, 11) is 0. The Kier molecular flexibility index (Phi) is 4.47. The minimum atomic E-state index is 0.201. The van der Waals surface area contributed by atoms with Gasteiger partial charge in [0.1, 0.15) is 5.82 Å². The van der Waals surface area contributed by atoms with Crippen LogP contribution in [0.4, 0.5) is 5.82 Å². The highest BCUT2D eigenvalue weighted by atomic mass is 32.1. The van der Waals surface area contributed by atoms with Gasteiger partial charge in [0.2, 0.25) is 0 Å². The highest BCUT2D eigenvalue weighted by Gasteiger charge is 2.25. The minimum Gasteiger partial charge on any atom is -0.352 e. The molecule has 0 N–H and O–H groups in total.